The number of hydrogen-bond donors (Lipinski definition) is 0. The van der Waals surface area contributed by atoms with Crippen LogP contribution in [-0.4, -0.2) is 6.61 Å². The summed E-state index contributed by atoms with van der Waals surface area (Å²) in [6.07, 6.45) is 1.82. The minimum atomic E-state index is 0.292. The molecule has 0 saturated heterocycles. The van der Waals surface area contributed by atoms with Crippen molar-refractivity contribution in [1.29, 1.82) is 5.26 Å². The number of halogens is 1. The Balaban J connectivity index is 1.75. The van der Waals surface area contributed by atoms with E-state index in [1.54, 1.807) is 0 Å². The third-order valence-electron chi connectivity index (χ3n) is 3.53. The van der Waals surface area contributed by atoms with Crippen molar-refractivity contribution in [2.75, 3.05) is 6.61 Å². The van der Waals surface area contributed by atoms with Crippen molar-refractivity contribution in [2.45, 2.75) is 0 Å². The van der Waals surface area contributed by atoms with E-state index in [9.17, 15) is 0 Å². The fraction of sp³-hybridized carbons (Fsp3) is 0.0476. The standard InChI is InChI=1S/C21H14ClNOS/c22-19-9-5-16(6-10-19)7-12-21(25-15-23)14-24-20-11-8-17-3-1-2-4-18(17)13-20/h1-11,13H,14H2. The van der Waals surface area contributed by atoms with Crippen LogP contribution in [-0.2, 0) is 0 Å². The van der Waals surface area contributed by atoms with Crippen LogP contribution in [0.2, 0.25) is 5.02 Å². The smallest absolute Gasteiger partial charge is 0.139 e. The van der Waals surface area contributed by atoms with Gasteiger partial charge in [-0.3, -0.25) is 0 Å². The molecule has 3 aromatic carbocycles. The molecule has 0 aliphatic carbocycles. The van der Waals surface area contributed by atoms with Crippen LogP contribution in [0.4, 0.5) is 0 Å². The summed E-state index contributed by atoms with van der Waals surface area (Å²) in [5, 5.41) is 14.0. The second-order valence-electron chi connectivity index (χ2n) is 5.25. The lowest BCUT2D eigenvalue weighted by atomic mass is 10.1. The van der Waals surface area contributed by atoms with Gasteiger partial charge < -0.3 is 4.74 Å². The topological polar surface area (TPSA) is 33.0 Å². The number of hydrogen-bond acceptors (Lipinski definition) is 3. The molecule has 0 fully saturated rings. The predicted molar refractivity (Wildman–Crippen MR) is 106 cm³/mol. The van der Waals surface area contributed by atoms with Gasteiger partial charge in [0.05, 0.1) is 4.91 Å². The van der Waals surface area contributed by atoms with Crippen molar-refractivity contribution in [3.05, 3.63) is 88.0 Å². The molecule has 0 aromatic heterocycles. The molecular weight excluding hydrogens is 350 g/mol. The zero-order valence-corrected chi connectivity index (χ0v) is 14.8. The minimum absolute atomic E-state index is 0.292. The lowest BCUT2D eigenvalue weighted by Gasteiger charge is -2.07. The Hall–Kier alpha value is -2.63. The van der Waals surface area contributed by atoms with Crippen LogP contribution in [0, 0.1) is 10.7 Å². The van der Waals surface area contributed by atoms with Crippen LogP contribution in [0.25, 0.3) is 16.8 Å². The van der Waals surface area contributed by atoms with E-state index in [0.29, 0.717) is 16.5 Å². The fourth-order valence-corrected chi connectivity index (χ4v) is 2.76. The average Bonchev–Trinajstić information content (AvgIpc) is 2.65. The third kappa shape index (κ3) is 4.92. The highest BCUT2D eigenvalue weighted by Crippen LogP contribution is 2.22. The zero-order valence-electron chi connectivity index (χ0n) is 13.3. The van der Waals surface area contributed by atoms with Crippen molar-refractivity contribution in [3.8, 4) is 11.2 Å². The Morgan fingerprint density at radius 1 is 1.04 bits per heavy atom. The number of nitrogens with zero attached hydrogens (tertiary/aromatic N) is 1. The SMILES string of the molecule is N#CSC(=C=Cc1ccc(Cl)cc1)COc1ccc2ccccc2c1. The first-order valence-corrected chi connectivity index (χ1v) is 8.83. The lowest BCUT2D eigenvalue weighted by Crippen LogP contribution is -1.97. The van der Waals surface area contributed by atoms with Crippen LogP contribution in [0.15, 0.2) is 77.4 Å². The molecule has 0 heterocycles. The van der Waals surface area contributed by atoms with Crippen LogP contribution < -0.4 is 4.74 Å². The summed E-state index contributed by atoms with van der Waals surface area (Å²) in [5.41, 5.74) is 4.09. The third-order valence-corrected chi connectivity index (χ3v) is 4.35. The molecule has 0 unspecified atom stereocenters. The molecule has 25 heavy (non-hydrogen) atoms. The van der Waals surface area contributed by atoms with Gasteiger partial charge >= 0.3 is 0 Å². The molecule has 0 N–H and O–H groups in total. The van der Waals surface area contributed by atoms with Gasteiger partial charge in [-0.1, -0.05) is 54.1 Å². The van der Waals surface area contributed by atoms with E-state index in [0.717, 1.165) is 28.5 Å². The van der Waals surface area contributed by atoms with Gasteiger partial charge in [-0.15, -0.1) is 5.73 Å². The summed E-state index contributed by atoms with van der Waals surface area (Å²) in [4.78, 5) is 0.714. The molecule has 0 atom stereocenters. The van der Waals surface area contributed by atoms with Crippen molar-refractivity contribution < 1.29 is 4.74 Å². The first-order chi connectivity index (χ1) is 12.2. The minimum Gasteiger partial charge on any atom is -0.488 e. The molecule has 2 nitrogen and oxygen atoms in total. The van der Waals surface area contributed by atoms with Crippen LogP contribution >= 0.6 is 23.4 Å². The number of rotatable bonds is 5. The maximum absolute atomic E-state index is 8.97. The van der Waals surface area contributed by atoms with Crippen molar-refractivity contribution >= 4 is 40.2 Å². The van der Waals surface area contributed by atoms with E-state index in [1.807, 2.05) is 66.7 Å². The lowest BCUT2D eigenvalue weighted by molar-refractivity contribution is 0.361. The quantitative estimate of drug-likeness (QED) is 0.395. The molecule has 0 bridgehead atoms. The Labute approximate surface area is 156 Å². The molecule has 0 saturated carbocycles. The second kappa shape index (κ2) is 8.46. The Morgan fingerprint density at radius 2 is 1.80 bits per heavy atom. The van der Waals surface area contributed by atoms with Crippen molar-refractivity contribution in [2.24, 2.45) is 0 Å². The summed E-state index contributed by atoms with van der Waals surface area (Å²) in [6, 6.07) is 21.5. The Bertz CT molecular complexity index is 983. The van der Waals surface area contributed by atoms with E-state index >= 15 is 0 Å². The van der Waals surface area contributed by atoms with Gasteiger partial charge in [0.25, 0.3) is 0 Å². The van der Waals surface area contributed by atoms with Crippen LogP contribution in [0.5, 0.6) is 5.75 Å². The van der Waals surface area contributed by atoms with Crippen molar-refractivity contribution in [3.63, 3.8) is 0 Å². The summed E-state index contributed by atoms with van der Waals surface area (Å²) in [6.45, 7) is 0.292. The molecule has 122 valence electrons. The predicted octanol–water partition coefficient (Wildman–Crippen LogP) is 6.28. The molecule has 3 rings (SSSR count). The van der Waals surface area contributed by atoms with E-state index in [2.05, 4.69) is 17.2 Å². The van der Waals surface area contributed by atoms with Crippen molar-refractivity contribution in [1.82, 2.24) is 0 Å². The highest BCUT2D eigenvalue weighted by molar-refractivity contribution is 8.07. The molecule has 0 spiro atoms. The zero-order chi connectivity index (χ0) is 17.5. The molecular formula is C21H14ClNOS. The Morgan fingerprint density at radius 3 is 2.56 bits per heavy atom. The normalized spacial score (nSPS) is 9.92. The maximum atomic E-state index is 8.97. The van der Waals surface area contributed by atoms with Crippen LogP contribution in [0.3, 0.4) is 0 Å². The molecule has 0 aliphatic heterocycles. The molecule has 0 amide bonds. The monoisotopic (exact) mass is 363 g/mol. The van der Waals surface area contributed by atoms with E-state index in [-0.39, 0.29) is 0 Å². The summed E-state index contributed by atoms with van der Waals surface area (Å²) >= 11 is 6.93. The summed E-state index contributed by atoms with van der Waals surface area (Å²) in [5.74, 6) is 0.767. The Kier molecular flexibility index (Phi) is 5.82. The molecule has 4 heteroatoms. The number of thiocyanates is 1. The van der Waals surface area contributed by atoms with Gasteiger partial charge in [0, 0.05) is 5.02 Å². The number of ether oxygens (including phenoxy) is 1. The average molecular weight is 364 g/mol. The first-order valence-electron chi connectivity index (χ1n) is 7.63. The maximum Gasteiger partial charge on any atom is 0.139 e. The van der Waals surface area contributed by atoms with Gasteiger partial charge in [-0.25, -0.2) is 0 Å². The van der Waals surface area contributed by atoms with Gasteiger partial charge in [0.15, 0.2) is 0 Å². The molecule has 3 aromatic rings. The highest BCUT2D eigenvalue weighted by Gasteiger charge is 2.01. The highest BCUT2D eigenvalue weighted by atomic mass is 35.5. The number of fused-ring (bicyclic) bond motifs is 1. The second-order valence-corrected chi connectivity index (χ2v) is 6.57. The van der Waals surface area contributed by atoms with E-state index < -0.39 is 0 Å². The summed E-state index contributed by atoms with van der Waals surface area (Å²) in [7, 11) is 0. The van der Waals surface area contributed by atoms with Gasteiger partial charge in [0.2, 0.25) is 0 Å². The largest absolute Gasteiger partial charge is 0.488 e. The van der Waals surface area contributed by atoms with Gasteiger partial charge in [-0.05, 0) is 58.4 Å². The first kappa shape index (κ1) is 17.2. The molecule has 0 aliphatic rings. The van der Waals surface area contributed by atoms with E-state index in [4.69, 9.17) is 21.6 Å². The molecule has 0 radical (unpaired) electrons. The fourth-order valence-electron chi connectivity index (χ4n) is 2.28. The van der Waals surface area contributed by atoms with E-state index in [1.165, 1.54) is 5.39 Å². The van der Waals surface area contributed by atoms with Gasteiger partial charge in [0.1, 0.15) is 17.8 Å². The number of benzene rings is 3. The summed E-state index contributed by atoms with van der Waals surface area (Å²) < 4.78 is 5.82. The van der Waals surface area contributed by atoms with Crippen LogP contribution in [0.1, 0.15) is 5.56 Å². The number of thioether (sulfide) groups is 1. The number of nitriles is 1. The van der Waals surface area contributed by atoms with Gasteiger partial charge in [-0.2, -0.15) is 5.26 Å².